The minimum Gasteiger partial charge on any atom is -0.411 e. The minimum absolute atomic E-state index is 0.154. The molecule has 2 aromatic carbocycles. The van der Waals surface area contributed by atoms with E-state index < -0.39 is 0 Å². The maximum atomic E-state index is 13.0. The van der Waals surface area contributed by atoms with E-state index in [2.05, 4.69) is 15.5 Å². The Hall–Kier alpha value is -2.67. The fraction of sp³-hybridized carbons (Fsp3) is 0.211. The number of nitrogens with one attached hydrogen (secondary N) is 1. The summed E-state index contributed by atoms with van der Waals surface area (Å²) in [5, 5.41) is 11.2. The lowest BCUT2D eigenvalue weighted by atomic mass is 10.1. The van der Waals surface area contributed by atoms with Gasteiger partial charge in [0.2, 0.25) is 11.8 Å². The summed E-state index contributed by atoms with van der Waals surface area (Å²) in [5.41, 5.74) is 2.78. The van der Waals surface area contributed by atoms with Crippen molar-refractivity contribution in [3.63, 3.8) is 0 Å². The molecule has 134 valence electrons. The molecule has 1 unspecified atom stereocenters. The Kier molecular flexibility index (Phi) is 5.68. The molecule has 7 heteroatoms. The number of nitrogens with zero attached hydrogens (tertiary/aromatic N) is 2. The van der Waals surface area contributed by atoms with Crippen LogP contribution in [0.3, 0.4) is 0 Å². The average molecular weight is 371 g/mol. The van der Waals surface area contributed by atoms with Gasteiger partial charge in [-0.15, -0.1) is 10.2 Å². The molecule has 0 aliphatic carbocycles. The molecule has 0 bridgehead atoms. The van der Waals surface area contributed by atoms with E-state index in [0.29, 0.717) is 11.1 Å². The summed E-state index contributed by atoms with van der Waals surface area (Å²) in [6.45, 7) is 3.83. The Morgan fingerprint density at radius 1 is 1.23 bits per heavy atom. The minimum atomic E-state index is -0.302. The number of aromatic nitrogens is 2. The van der Waals surface area contributed by atoms with Gasteiger partial charge in [0, 0.05) is 5.56 Å². The summed E-state index contributed by atoms with van der Waals surface area (Å²) >= 11 is 1.18. The maximum absolute atomic E-state index is 13.0. The highest BCUT2D eigenvalue weighted by atomic mass is 32.2. The van der Waals surface area contributed by atoms with Crippen LogP contribution in [0.15, 0.2) is 58.2 Å². The molecule has 0 fully saturated rings. The number of amides is 1. The summed E-state index contributed by atoms with van der Waals surface area (Å²) in [6, 6.07) is 13.6. The molecule has 0 spiro atoms. The van der Waals surface area contributed by atoms with Gasteiger partial charge >= 0.3 is 0 Å². The van der Waals surface area contributed by atoms with E-state index in [9.17, 15) is 9.18 Å². The molecule has 0 aliphatic heterocycles. The Bertz CT molecular complexity index is 896. The van der Waals surface area contributed by atoms with Gasteiger partial charge in [-0.25, -0.2) is 4.39 Å². The van der Waals surface area contributed by atoms with Crippen molar-refractivity contribution in [1.82, 2.24) is 15.5 Å². The Morgan fingerprint density at radius 3 is 2.73 bits per heavy atom. The van der Waals surface area contributed by atoms with Gasteiger partial charge in [0.15, 0.2) is 0 Å². The second-order valence-corrected chi connectivity index (χ2v) is 6.80. The Balaban J connectivity index is 1.54. The van der Waals surface area contributed by atoms with Crippen molar-refractivity contribution in [2.75, 3.05) is 5.75 Å². The van der Waals surface area contributed by atoms with E-state index in [1.165, 1.54) is 23.9 Å². The molecule has 1 atom stereocenters. The first-order valence-electron chi connectivity index (χ1n) is 8.09. The molecule has 1 heterocycles. The van der Waals surface area contributed by atoms with E-state index in [4.69, 9.17) is 4.42 Å². The molecule has 5 nitrogen and oxygen atoms in total. The van der Waals surface area contributed by atoms with E-state index >= 15 is 0 Å². The van der Waals surface area contributed by atoms with E-state index in [-0.39, 0.29) is 23.5 Å². The van der Waals surface area contributed by atoms with Crippen LogP contribution in [0.4, 0.5) is 4.39 Å². The summed E-state index contributed by atoms with van der Waals surface area (Å²) in [5.74, 6) is 0.114. The largest absolute Gasteiger partial charge is 0.411 e. The maximum Gasteiger partial charge on any atom is 0.277 e. The average Bonchev–Trinajstić information content (AvgIpc) is 3.09. The fourth-order valence-electron chi connectivity index (χ4n) is 2.41. The summed E-state index contributed by atoms with van der Waals surface area (Å²) in [6.07, 6.45) is 0. The Labute approximate surface area is 155 Å². The van der Waals surface area contributed by atoms with Gasteiger partial charge in [-0.05, 0) is 43.7 Å². The van der Waals surface area contributed by atoms with Crippen molar-refractivity contribution in [3.8, 4) is 11.5 Å². The van der Waals surface area contributed by atoms with Crippen LogP contribution in [-0.4, -0.2) is 21.9 Å². The third-order valence-electron chi connectivity index (χ3n) is 3.75. The third-order valence-corrected chi connectivity index (χ3v) is 4.56. The summed E-state index contributed by atoms with van der Waals surface area (Å²) < 4.78 is 18.6. The molecule has 0 saturated heterocycles. The lowest BCUT2D eigenvalue weighted by Gasteiger charge is -2.13. The molecule has 1 amide bonds. The van der Waals surface area contributed by atoms with Gasteiger partial charge in [-0.2, -0.15) is 0 Å². The zero-order valence-electron chi connectivity index (χ0n) is 14.4. The van der Waals surface area contributed by atoms with Gasteiger partial charge in [0.25, 0.3) is 5.22 Å². The number of rotatable bonds is 6. The van der Waals surface area contributed by atoms with E-state index in [0.717, 1.165) is 16.7 Å². The highest BCUT2D eigenvalue weighted by molar-refractivity contribution is 7.99. The summed E-state index contributed by atoms with van der Waals surface area (Å²) in [7, 11) is 0. The van der Waals surface area contributed by atoms with Crippen LogP contribution < -0.4 is 5.32 Å². The van der Waals surface area contributed by atoms with Gasteiger partial charge in [-0.3, -0.25) is 4.79 Å². The molecule has 0 aliphatic rings. The van der Waals surface area contributed by atoms with E-state index in [1.807, 2.05) is 38.1 Å². The Morgan fingerprint density at radius 2 is 2.00 bits per heavy atom. The zero-order chi connectivity index (χ0) is 18.5. The van der Waals surface area contributed by atoms with Gasteiger partial charge in [-0.1, -0.05) is 41.6 Å². The predicted octanol–water partition coefficient (Wildman–Crippen LogP) is 4.15. The van der Waals surface area contributed by atoms with Crippen molar-refractivity contribution >= 4 is 17.7 Å². The van der Waals surface area contributed by atoms with Crippen molar-refractivity contribution in [3.05, 3.63) is 65.5 Å². The lowest BCUT2D eigenvalue weighted by molar-refractivity contribution is -0.119. The molecule has 26 heavy (non-hydrogen) atoms. The smallest absolute Gasteiger partial charge is 0.277 e. The number of benzene rings is 2. The van der Waals surface area contributed by atoms with Crippen molar-refractivity contribution in [1.29, 1.82) is 0 Å². The van der Waals surface area contributed by atoms with Crippen LogP contribution >= 0.6 is 11.8 Å². The molecule has 0 saturated carbocycles. The molecule has 1 N–H and O–H groups in total. The normalized spacial score (nSPS) is 12.0. The van der Waals surface area contributed by atoms with Crippen LogP contribution in [0.2, 0.25) is 0 Å². The first-order valence-corrected chi connectivity index (χ1v) is 9.08. The highest BCUT2D eigenvalue weighted by Gasteiger charge is 2.13. The van der Waals surface area contributed by atoms with Crippen LogP contribution in [-0.2, 0) is 4.79 Å². The van der Waals surface area contributed by atoms with Crippen LogP contribution in [0.25, 0.3) is 11.5 Å². The van der Waals surface area contributed by atoms with Crippen molar-refractivity contribution in [2.24, 2.45) is 0 Å². The van der Waals surface area contributed by atoms with Crippen LogP contribution in [0.1, 0.15) is 24.1 Å². The standard InChI is InChI=1S/C19H18FN3O2S/c1-12-4-3-5-15(10-12)18-22-23-19(25-18)26-11-17(24)21-13(2)14-6-8-16(20)9-7-14/h3-10,13H,11H2,1-2H3,(H,21,24). The molecule has 3 rings (SSSR count). The molecule has 3 aromatic rings. The molecular formula is C19H18FN3O2S. The monoisotopic (exact) mass is 371 g/mol. The lowest BCUT2D eigenvalue weighted by Crippen LogP contribution is -2.28. The van der Waals surface area contributed by atoms with Gasteiger partial charge in [0.1, 0.15) is 5.82 Å². The molecule has 0 radical (unpaired) electrons. The number of halogens is 1. The van der Waals surface area contributed by atoms with Gasteiger partial charge in [0.05, 0.1) is 11.8 Å². The molecule has 1 aromatic heterocycles. The van der Waals surface area contributed by atoms with Crippen molar-refractivity contribution in [2.45, 2.75) is 25.1 Å². The fourth-order valence-corrected chi connectivity index (χ4v) is 2.98. The van der Waals surface area contributed by atoms with Crippen molar-refractivity contribution < 1.29 is 13.6 Å². The number of aryl methyl sites for hydroxylation is 1. The second kappa shape index (κ2) is 8.14. The zero-order valence-corrected chi connectivity index (χ0v) is 15.2. The number of carbonyl (C=O) groups excluding carboxylic acids is 1. The second-order valence-electron chi connectivity index (χ2n) is 5.87. The number of carbonyl (C=O) groups is 1. The summed E-state index contributed by atoms with van der Waals surface area (Å²) in [4.78, 5) is 12.1. The molecular weight excluding hydrogens is 353 g/mol. The number of thioether (sulfide) groups is 1. The number of hydrogen-bond acceptors (Lipinski definition) is 5. The van der Waals surface area contributed by atoms with Gasteiger partial charge < -0.3 is 9.73 Å². The first kappa shape index (κ1) is 18.1. The third kappa shape index (κ3) is 4.70. The topological polar surface area (TPSA) is 68.0 Å². The first-order chi connectivity index (χ1) is 12.5. The van der Waals surface area contributed by atoms with Crippen LogP contribution in [0.5, 0.6) is 0 Å². The van der Waals surface area contributed by atoms with Crippen LogP contribution in [0, 0.1) is 12.7 Å². The number of hydrogen-bond donors (Lipinski definition) is 1. The highest BCUT2D eigenvalue weighted by Crippen LogP contribution is 2.23. The predicted molar refractivity (Wildman–Crippen MR) is 98.2 cm³/mol. The SMILES string of the molecule is Cc1cccc(-c2nnc(SCC(=O)NC(C)c3ccc(F)cc3)o2)c1. The van der Waals surface area contributed by atoms with E-state index in [1.54, 1.807) is 12.1 Å². The quantitative estimate of drug-likeness (QED) is 0.659.